The molecule has 1 aromatic rings. The van der Waals surface area contributed by atoms with Crippen molar-refractivity contribution in [2.75, 3.05) is 26.2 Å². The van der Waals surface area contributed by atoms with Crippen molar-refractivity contribution in [3.8, 4) is 0 Å². The quantitative estimate of drug-likeness (QED) is 0.798. The third-order valence-corrected chi connectivity index (χ3v) is 6.45. The lowest BCUT2D eigenvalue weighted by Gasteiger charge is -2.59. The van der Waals surface area contributed by atoms with Crippen LogP contribution in [-0.4, -0.2) is 32.0 Å². The number of carbonyl (C=O) groups excluding carboxylic acids is 1. The topological polar surface area (TPSA) is 26.0 Å². The van der Waals surface area contributed by atoms with E-state index in [4.69, 9.17) is 11.6 Å². The Bertz CT molecular complexity index is 599. The molecular formula is C17H23ClN2O+2. The van der Waals surface area contributed by atoms with Gasteiger partial charge >= 0.3 is 0 Å². The highest BCUT2D eigenvalue weighted by Crippen LogP contribution is 2.39. The summed E-state index contributed by atoms with van der Waals surface area (Å²) in [6.07, 6.45) is 1.38. The van der Waals surface area contributed by atoms with E-state index < -0.39 is 0 Å². The fourth-order valence-corrected chi connectivity index (χ4v) is 5.58. The summed E-state index contributed by atoms with van der Waals surface area (Å²) in [5.41, 5.74) is 1.04. The van der Waals surface area contributed by atoms with Crippen LogP contribution in [-0.2, 0) is 4.79 Å². The molecule has 4 aliphatic rings. The molecule has 112 valence electrons. The molecule has 4 fully saturated rings. The van der Waals surface area contributed by atoms with Gasteiger partial charge in [-0.25, -0.2) is 0 Å². The van der Waals surface area contributed by atoms with Gasteiger partial charge < -0.3 is 0 Å². The smallest absolute Gasteiger partial charge is 0.241 e. The maximum absolute atomic E-state index is 12.9. The Kier molecular flexibility index (Phi) is 2.82. The summed E-state index contributed by atoms with van der Waals surface area (Å²) in [4.78, 5) is 16.0. The van der Waals surface area contributed by atoms with E-state index in [1.807, 2.05) is 12.1 Å². The van der Waals surface area contributed by atoms with Gasteiger partial charge in [-0.15, -0.1) is 0 Å². The Labute approximate surface area is 130 Å². The van der Waals surface area contributed by atoms with Crippen molar-refractivity contribution < 1.29 is 14.6 Å². The molecule has 2 unspecified atom stereocenters. The molecule has 2 N–H and O–H groups in total. The van der Waals surface area contributed by atoms with Gasteiger partial charge in [0.05, 0.1) is 23.7 Å². The average molecular weight is 307 g/mol. The number of piperidine rings is 2. The van der Waals surface area contributed by atoms with Crippen LogP contribution in [0.4, 0.5) is 0 Å². The summed E-state index contributed by atoms with van der Waals surface area (Å²) in [6.45, 7) is 8.26. The molecule has 5 rings (SSSR count). The van der Waals surface area contributed by atoms with Gasteiger partial charge in [0.1, 0.15) is 23.9 Å². The van der Waals surface area contributed by atoms with Gasteiger partial charge in [0.25, 0.3) is 0 Å². The van der Waals surface area contributed by atoms with Crippen LogP contribution in [0, 0.1) is 10.8 Å². The van der Waals surface area contributed by atoms with Crippen LogP contribution >= 0.6 is 11.6 Å². The summed E-state index contributed by atoms with van der Waals surface area (Å²) in [5, 5.41) is 0.872. The van der Waals surface area contributed by atoms with Crippen LogP contribution in [0.5, 0.6) is 0 Å². The molecule has 4 bridgehead atoms. The second-order valence-corrected chi connectivity index (χ2v) is 7.91. The van der Waals surface area contributed by atoms with Gasteiger partial charge in [0.2, 0.25) is 6.17 Å². The van der Waals surface area contributed by atoms with E-state index in [2.05, 4.69) is 26.0 Å². The SMILES string of the molecule is CCC12C[NH+]3CC(C)(C[NH+](C1)C3c1ccccc1Cl)C2=O. The number of rotatable bonds is 2. The average Bonchev–Trinajstić information content (AvgIpc) is 2.45. The molecule has 4 saturated heterocycles. The molecule has 1 aromatic carbocycles. The fraction of sp³-hybridized carbons (Fsp3) is 0.588. The highest BCUT2D eigenvalue weighted by atomic mass is 35.5. The first-order valence-electron chi connectivity index (χ1n) is 7.98. The van der Waals surface area contributed by atoms with Crippen LogP contribution in [0.25, 0.3) is 0 Å². The predicted octanol–water partition coefficient (Wildman–Crippen LogP) is 0.121. The van der Waals surface area contributed by atoms with Crippen LogP contribution in [0.2, 0.25) is 5.02 Å². The van der Waals surface area contributed by atoms with E-state index in [1.54, 1.807) is 9.80 Å². The van der Waals surface area contributed by atoms with E-state index in [0.717, 1.165) is 37.6 Å². The second-order valence-electron chi connectivity index (χ2n) is 7.50. The number of nitrogens with one attached hydrogen (secondary N) is 2. The number of Topliss-reactive ketones (excluding diaryl/α,β-unsaturated/α-hetero) is 1. The lowest BCUT2D eigenvalue weighted by molar-refractivity contribution is -1.18. The van der Waals surface area contributed by atoms with Crippen molar-refractivity contribution in [2.45, 2.75) is 26.4 Å². The molecule has 2 atom stereocenters. The van der Waals surface area contributed by atoms with Crippen LogP contribution < -0.4 is 9.80 Å². The molecule has 0 saturated carbocycles. The molecule has 21 heavy (non-hydrogen) atoms. The number of ketones is 1. The lowest BCUT2D eigenvalue weighted by atomic mass is 9.60. The van der Waals surface area contributed by atoms with E-state index in [0.29, 0.717) is 11.9 Å². The molecule has 0 amide bonds. The maximum atomic E-state index is 12.9. The van der Waals surface area contributed by atoms with Gasteiger partial charge in [-0.05, 0) is 25.5 Å². The zero-order valence-corrected chi connectivity index (χ0v) is 13.5. The summed E-state index contributed by atoms with van der Waals surface area (Å²) in [6, 6.07) is 8.23. The Balaban J connectivity index is 1.78. The summed E-state index contributed by atoms with van der Waals surface area (Å²) in [5.74, 6) is 0.530. The standard InChI is InChI=1S/C17H21ClN2O/c1-3-17-10-19-8-16(2,15(17)21)9-20(11-17)14(19)12-6-4-5-7-13(12)18/h4-7,14H,3,8-11H2,1-2H3/p+2. The minimum absolute atomic E-state index is 0.0896. The monoisotopic (exact) mass is 306 g/mol. The summed E-state index contributed by atoms with van der Waals surface area (Å²) >= 11 is 6.46. The van der Waals surface area contributed by atoms with Gasteiger partial charge in [0, 0.05) is 0 Å². The fourth-order valence-electron chi connectivity index (χ4n) is 5.34. The highest BCUT2D eigenvalue weighted by Gasteiger charge is 2.69. The third-order valence-electron chi connectivity index (χ3n) is 6.10. The van der Waals surface area contributed by atoms with Crippen molar-refractivity contribution >= 4 is 17.4 Å². The zero-order chi connectivity index (χ0) is 14.8. The van der Waals surface area contributed by atoms with Gasteiger partial charge in [-0.2, -0.15) is 0 Å². The van der Waals surface area contributed by atoms with Crippen LogP contribution in [0.1, 0.15) is 32.0 Å². The summed E-state index contributed by atoms with van der Waals surface area (Å²) < 4.78 is 0. The molecule has 4 heteroatoms. The molecule has 0 spiro atoms. The number of carbonyl (C=O) groups is 1. The molecule has 3 nitrogen and oxygen atoms in total. The Hall–Kier alpha value is -0.900. The van der Waals surface area contributed by atoms with Crippen LogP contribution in [0.3, 0.4) is 0 Å². The first kappa shape index (κ1) is 13.7. The van der Waals surface area contributed by atoms with Crippen LogP contribution in [0.15, 0.2) is 24.3 Å². The first-order valence-corrected chi connectivity index (χ1v) is 8.35. The second kappa shape index (κ2) is 4.31. The molecule has 4 aliphatic heterocycles. The van der Waals surface area contributed by atoms with E-state index in [1.165, 1.54) is 5.56 Å². The molecule has 0 aromatic heterocycles. The first-order chi connectivity index (χ1) is 9.99. The van der Waals surface area contributed by atoms with Crippen molar-refractivity contribution in [1.82, 2.24) is 0 Å². The Morgan fingerprint density at radius 1 is 1.19 bits per heavy atom. The molecule has 0 aliphatic carbocycles. The highest BCUT2D eigenvalue weighted by molar-refractivity contribution is 6.31. The van der Waals surface area contributed by atoms with Crippen molar-refractivity contribution in [3.05, 3.63) is 34.9 Å². The minimum Gasteiger partial charge on any atom is -0.297 e. The van der Waals surface area contributed by atoms with Gasteiger partial charge in [-0.3, -0.25) is 14.6 Å². The number of halogens is 1. The summed E-state index contributed by atoms with van der Waals surface area (Å²) in [7, 11) is 0. The molecular weight excluding hydrogens is 284 g/mol. The number of hydrogen-bond acceptors (Lipinski definition) is 1. The Morgan fingerprint density at radius 2 is 1.81 bits per heavy atom. The van der Waals surface area contributed by atoms with E-state index >= 15 is 0 Å². The minimum atomic E-state index is -0.130. The number of benzene rings is 1. The van der Waals surface area contributed by atoms with E-state index in [9.17, 15) is 4.79 Å². The van der Waals surface area contributed by atoms with Crippen molar-refractivity contribution in [1.29, 1.82) is 0 Å². The van der Waals surface area contributed by atoms with Gasteiger partial charge in [-0.1, -0.05) is 30.7 Å². The largest absolute Gasteiger partial charge is 0.297 e. The van der Waals surface area contributed by atoms with E-state index in [-0.39, 0.29) is 10.8 Å². The normalized spacial score (nSPS) is 44.3. The maximum Gasteiger partial charge on any atom is 0.241 e. The van der Waals surface area contributed by atoms with Gasteiger partial charge in [0.15, 0.2) is 5.78 Å². The molecule has 4 heterocycles. The Morgan fingerprint density at radius 3 is 2.38 bits per heavy atom. The number of hydrogen-bond donors (Lipinski definition) is 2. The third kappa shape index (κ3) is 1.71. The van der Waals surface area contributed by atoms with Crippen molar-refractivity contribution in [2.24, 2.45) is 10.8 Å². The number of quaternary nitrogens is 2. The lowest BCUT2D eigenvalue weighted by Crippen LogP contribution is -3.41. The predicted molar refractivity (Wildman–Crippen MR) is 81.4 cm³/mol. The van der Waals surface area contributed by atoms with Crippen molar-refractivity contribution in [3.63, 3.8) is 0 Å². The zero-order valence-electron chi connectivity index (χ0n) is 12.7. The molecule has 0 radical (unpaired) electrons.